The Morgan fingerprint density at radius 1 is 1.23 bits per heavy atom. The van der Waals surface area contributed by atoms with Crippen molar-refractivity contribution in [2.75, 3.05) is 0 Å². The van der Waals surface area contributed by atoms with Gasteiger partial charge in [0.1, 0.15) is 0 Å². The molecule has 2 N–H and O–H groups in total. The van der Waals surface area contributed by atoms with Gasteiger partial charge >= 0.3 is 5.97 Å². The van der Waals surface area contributed by atoms with Crippen molar-refractivity contribution in [2.24, 2.45) is 7.05 Å². The standard InChI is InChI=1S/C22H20ClN3O3S/c1-13-22(30-20-7-14(8-21(28)29)3-4-15(20)12-27)18-6-5-16(23)9-19(18)26(13)17-10-24-25(2)11-17/h3-7,9-11,27H,8,12H2,1-2H3,(H,28,29). The third kappa shape index (κ3) is 3.84. The van der Waals surface area contributed by atoms with Crippen LogP contribution < -0.4 is 0 Å². The molecule has 0 saturated carbocycles. The molecule has 0 amide bonds. The van der Waals surface area contributed by atoms with Crippen LogP contribution >= 0.6 is 23.4 Å². The fourth-order valence-electron chi connectivity index (χ4n) is 3.56. The molecule has 2 aromatic carbocycles. The minimum Gasteiger partial charge on any atom is -0.481 e. The number of carboxylic acids is 1. The van der Waals surface area contributed by atoms with Crippen LogP contribution in [0.15, 0.2) is 58.6 Å². The van der Waals surface area contributed by atoms with Crippen molar-refractivity contribution in [1.82, 2.24) is 14.3 Å². The van der Waals surface area contributed by atoms with E-state index in [0.717, 1.165) is 37.6 Å². The Hall–Kier alpha value is -2.74. The van der Waals surface area contributed by atoms with Crippen LogP contribution in [0.4, 0.5) is 0 Å². The number of carboxylic acid groups (broad SMARTS) is 1. The predicted molar refractivity (Wildman–Crippen MR) is 118 cm³/mol. The number of nitrogens with zero attached hydrogens (tertiary/aromatic N) is 3. The van der Waals surface area contributed by atoms with Crippen molar-refractivity contribution in [3.05, 3.63) is 70.6 Å². The van der Waals surface area contributed by atoms with Gasteiger partial charge in [0.15, 0.2) is 0 Å². The van der Waals surface area contributed by atoms with E-state index in [1.54, 1.807) is 23.0 Å². The van der Waals surface area contributed by atoms with Gasteiger partial charge < -0.3 is 14.8 Å². The number of aromatic nitrogens is 3. The maximum Gasteiger partial charge on any atom is 0.307 e. The molecule has 0 fully saturated rings. The van der Waals surface area contributed by atoms with Crippen LogP contribution in [0.5, 0.6) is 0 Å². The molecule has 6 nitrogen and oxygen atoms in total. The first-order chi connectivity index (χ1) is 14.4. The van der Waals surface area contributed by atoms with Gasteiger partial charge in [-0.2, -0.15) is 5.10 Å². The van der Waals surface area contributed by atoms with Crippen molar-refractivity contribution < 1.29 is 15.0 Å². The van der Waals surface area contributed by atoms with E-state index >= 15 is 0 Å². The SMILES string of the molecule is Cc1c(Sc2cc(CC(=O)O)ccc2CO)c2ccc(Cl)cc2n1-c1cnn(C)c1. The van der Waals surface area contributed by atoms with Gasteiger partial charge in [-0.05, 0) is 36.2 Å². The summed E-state index contributed by atoms with van der Waals surface area (Å²) in [5.74, 6) is -0.887. The zero-order valence-electron chi connectivity index (χ0n) is 16.5. The fraction of sp³-hybridized carbons (Fsp3) is 0.182. The molecule has 8 heteroatoms. The number of benzene rings is 2. The lowest BCUT2D eigenvalue weighted by molar-refractivity contribution is -0.136. The lowest BCUT2D eigenvalue weighted by Gasteiger charge is -2.10. The molecule has 0 bridgehead atoms. The molecular weight excluding hydrogens is 422 g/mol. The molecule has 2 aromatic heterocycles. The fourth-order valence-corrected chi connectivity index (χ4v) is 4.95. The second-order valence-electron chi connectivity index (χ2n) is 7.06. The molecule has 2 heterocycles. The maximum absolute atomic E-state index is 11.1. The predicted octanol–water partition coefficient (Wildman–Crippen LogP) is 4.60. The smallest absolute Gasteiger partial charge is 0.307 e. The van der Waals surface area contributed by atoms with Gasteiger partial charge in [0.25, 0.3) is 0 Å². The highest BCUT2D eigenvalue weighted by Gasteiger charge is 2.19. The van der Waals surface area contributed by atoms with Crippen molar-refractivity contribution >= 4 is 40.2 Å². The Bertz CT molecular complexity index is 1260. The van der Waals surface area contributed by atoms with Gasteiger partial charge in [0.05, 0.1) is 30.4 Å². The van der Waals surface area contributed by atoms with Crippen LogP contribution in [0.2, 0.25) is 5.02 Å². The van der Waals surface area contributed by atoms with E-state index in [4.69, 9.17) is 16.7 Å². The van der Waals surface area contributed by atoms with Gasteiger partial charge in [0.2, 0.25) is 0 Å². The highest BCUT2D eigenvalue weighted by molar-refractivity contribution is 7.99. The number of hydrogen-bond acceptors (Lipinski definition) is 4. The van der Waals surface area contributed by atoms with Gasteiger partial charge in [-0.3, -0.25) is 9.48 Å². The zero-order valence-corrected chi connectivity index (χ0v) is 18.0. The van der Waals surface area contributed by atoms with Crippen molar-refractivity contribution in [2.45, 2.75) is 29.7 Å². The Balaban J connectivity index is 1.88. The normalized spacial score (nSPS) is 11.3. The van der Waals surface area contributed by atoms with Crippen LogP contribution in [0.25, 0.3) is 16.6 Å². The Morgan fingerprint density at radius 2 is 2.03 bits per heavy atom. The van der Waals surface area contributed by atoms with Crippen LogP contribution in [0, 0.1) is 6.92 Å². The zero-order chi connectivity index (χ0) is 21.4. The number of aryl methyl sites for hydroxylation is 1. The average Bonchev–Trinajstić information content (AvgIpc) is 3.22. The molecule has 0 aliphatic heterocycles. The number of hydrogen-bond donors (Lipinski definition) is 2. The first kappa shape index (κ1) is 20.5. The van der Waals surface area contributed by atoms with Crippen LogP contribution in [0.3, 0.4) is 0 Å². The number of rotatable bonds is 6. The van der Waals surface area contributed by atoms with Gasteiger partial charge in [-0.1, -0.05) is 41.6 Å². The molecule has 4 rings (SSSR count). The lowest BCUT2D eigenvalue weighted by atomic mass is 10.1. The average molecular weight is 442 g/mol. The van der Waals surface area contributed by atoms with E-state index in [0.29, 0.717) is 10.6 Å². The summed E-state index contributed by atoms with van der Waals surface area (Å²) in [6.45, 7) is 1.91. The number of carbonyl (C=O) groups is 1. The summed E-state index contributed by atoms with van der Waals surface area (Å²) >= 11 is 7.81. The second-order valence-corrected chi connectivity index (χ2v) is 8.55. The van der Waals surface area contributed by atoms with Crippen molar-refractivity contribution in [1.29, 1.82) is 0 Å². The second kappa shape index (κ2) is 8.18. The molecule has 0 aliphatic carbocycles. The molecule has 0 atom stereocenters. The third-order valence-electron chi connectivity index (χ3n) is 4.93. The summed E-state index contributed by atoms with van der Waals surface area (Å²) in [6, 6.07) is 11.1. The topological polar surface area (TPSA) is 80.3 Å². The van der Waals surface area contributed by atoms with Crippen LogP contribution in [-0.4, -0.2) is 30.5 Å². The monoisotopic (exact) mass is 441 g/mol. The largest absolute Gasteiger partial charge is 0.481 e. The summed E-state index contributed by atoms with van der Waals surface area (Å²) in [4.78, 5) is 13.0. The molecule has 0 unspecified atom stereocenters. The lowest BCUT2D eigenvalue weighted by Crippen LogP contribution is -2.01. The summed E-state index contributed by atoms with van der Waals surface area (Å²) in [5, 5.41) is 24.9. The van der Waals surface area contributed by atoms with E-state index in [1.807, 2.05) is 44.4 Å². The summed E-state index contributed by atoms with van der Waals surface area (Å²) in [5.41, 5.74) is 4.35. The van der Waals surface area contributed by atoms with Gasteiger partial charge in [-0.15, -0.1) is 0 Å². The number of aliphatic carboxylic acids is 1. The minimum atomic E-state index is -0.887. The molecule has 0 aliphatic rings. The molecular formula is C22H20ClN3O3S. The van der Waals surface area contributed by atoms with E-state index in [-0.39, 0.29) is 13.0 Å². The molecule has 4 aromatic rings. The first-order valence-electron chi connectivity index (χ1n) is 9.29. The molecule has 0 radical (unpaired) electrons. The number of fused-ring (bicyclic) bond motifs is 1. The van der Waals surface area contributed by atoms with E-state index < -0.39 is 5.97 Å². The Morgan fingerprint density at radius 3 is 2.70 bits per heavy atom. The number of aliphatic hydroxyl groups excluding tert-OH is 1. The van der Waals surface area contributed by atoms with E-state index in [1.165, 1.54) is 11.8 Å². The molecule has 0 spiro atoms. The van der Waals surface area contributed by atoms with E-state index in [9.17, 15) is 9.90 Å². The highest BCUT2D eigenvalue weighted by Crippen LogP contribution is 2.41. The van der Waals surface area contributed by atoms with Gasteiger partial charge in [0, 0.05) is 39.1 Å². The molecule has 30 heavy (non-hydrogen) atoms. The van der Waals surface area contributed by atoms with Crippen molar-refractivity contribution in [3.63, 3.8) is 0 Å². The molecule has 0 saturated heterocycles. The minimum absolute atomic E-state index is 0.0642. The maximum atomic E-state index is 11.1. The number of halogens is 1. The molecule has 154 valence electrons. The Labute approximate surface area is 182 Å². The summed E-state index contributed by atoms with van der Waals surface area (Å²) in [7, 11) is 1.87. The highest BCUT2D eigenvalue weighted by atomic mass is 35.5. The van der Waals surface area contributed by atoms with Crippen LogP contribution in [-0.2, 0) is 24.9 Å². The van der Waals surface area contributed by atoms with Crippen molar-refractivity contribution in [3.8, 4) is 5.69 Å². The first-order valence-corrected chi connectivity index (χ1v) is 10.5. The van der Waals surface area contributed by atoms with E-state index in [2.05, 4.69) is 9.67 Å². The van der Waals surface area contributed by atoms with Crippen LogP contribution in [0.1, 0.15) is 16.8 Å². The third-order valence-corrected chi connectivity index (χ3v) is 6.48. The quantitative estimate of drug-likeness (QED) is 0.457. The Kier molecular flexibility index (Phi) is 5.60. The summed E-state index contributed by atoms with van der Waals surface area (Å²) < 4.78 is 3.85. The number of aliphatic hydroxyl groups is 1. The summed E-state index contributed by atoms with van der Waals surface area (Å²) in [6.07, 6.45) is 3.67. The van der Waals surface area contributed by atoms with Gasteiger partial charge in [-0.25, -0.2) is 0 Å².